The van der Waals surface area contributed by atoms with Gasteiger partial charge in [0, 0.05) is 49.8 Å². The maximum atomic E-state index is 12.5. The molecule has 1 fully saturated rings. The van der Waals surface area contributed by atoms with E-state index in [0.29, 0.717) is 44.9 Å². The number of piperazine rings is 1. The molecule has 1 atom stereocenters. The molecule has 1 aromatic heterocycles. The summed E-state index contributed by atoms with van der Waals surface area (Å²) in [5.74, 6) is 0.398. The largest absolute Gasteiger partial charge is 0.490 e. The lowest BCUT2D eigenvalue weighted by Crippen LogP contribution is -2.49. The Morgan fingerprint density at radius 2 is 1.87 bits per heavy atom. The number of alkyl halides is 3. The molecule has 1 saturated heterocycles. The number of nitrogens with zero attached hydrogens (tertiary/aromatic N) is 5. The van der Waals surface area contributed by atoms with E-state index in [-0.39, 0.29) is 24.5 Å². The smallest absolute Gasteiger partial charge is 0.414 e. The molecule has 2 aliphatic heterocycles. The van der Waals surface area contributed by atoms with Crippen molar-refractivity contribution in [2.75, 3.05) is 44.2 Å². The fraction of sp³-hybridized carbons (Fsp3) is 0.526. The molecule has 1 aromatic carbocycles. The van der Waals surface area contributed by atoms with Gasteiger partial charge in [0.15, 0.2) is 0 Å². The highest BCUT2D eigenvalue weighted by atomic mass is 19.4. The van der Waals surface area contributed by atoms with Crippen molar-refractivity contribution in [3.8, 4) is 11.8 Å². The Kier molecular flexibility index (Phi) is 5.90. The van der Waals surface area contributed by atoms with Gasteiger partial charge >= 0.3 is 18.0 Å². The minimum Gasteiger partial charge on any atom is -0.490 e. The number of ether oxygens (including phenoxy) is 2. The van der Waals surface area contributed by atoms with Gasteiger partial charge in [-0.25, -0.2) is 0 Å². The topological polar surface area (TPSA) is 85.9 Å². The SMILES string of the molecule is O=[N+]([O-])c1cn2c(n1)O[C@@H](COc1ccc(N3CCN(CC(F)(F)F)CC3)cc1)CC2. The van der Waals surface area contributed by atoms with Crippen LogP contribution in [0, 0.1) is 10.1 Å². The number of aryl methyl sites for hydroxylation is 1. The number of imidazole rings is 1. The molecule has 0 N–H and O–H groups in total. The van der Waals surface area contributed by atoms with Gasteiger partial charge in [0.25, 0.3) is 0 Å². The van der Waals surface area contributed by atoms with Crippen molar-refractivity contribution < 1.29 is 27.6 Å². The van der Waals surface area contributed by atoms with Gasteiger partial charge < -0.3 is 24.5 Å². The molecule has 12 heteroatoms. The third-order valence-corrected chi connectivity index (χ3v) is 5.29. The van der Waals surface area contributed by atoms with Crippen LogP contribution in [-0.2, 0) is 6.54 Å². The molecule has 0 radical (unpaired) electrons. The van der Waals surface area contributed by atoms with Crippen molar-refractivity contribution in [2.24, 2.45) is 0 Å². The lowest BCUT2D eigenvalue weighted by atomic mass is 10.2. The number of aromatic nitrogens is 2. The van der Waals surface area contributed by atoms with Crippen molar-refractivity contribution in [3.05, 3.63) is 40.6 Å². The number of hydrogen-bond acceptors (Lipinski definition) is 7. The molecule has 0 unspecified atom stereocenters. The standard InChI is InChI=1S/C19H22F3N5O4/c20-19(21,22)13-24-7-9-25(10-8-24)14-1-3-15(4-2-14)30-12-16-5-6-26-11-17(27(28)29)23-18(26)31-16/h1-4,11,16H,5-10,12-13H2/t16-/m1/s1. The first-order chi connectivity index (χ1) is 14.8. The molecular formula is C19H22F3N5O4. The van der Waals surface area contributed by atoms with Crippen molar-refractivity contribution >= 4 is 11.5 Å². The molecule has 0 saturated carbocycles. The van der Waals surface area contributed by atoms with Crippen molar-refractivity contribution in [1.29, 1.82) is 0 Å². The van der Waals surface area contributed by atoms with E-state index >= 15 is 0 Å². The normalized spacial score (nSPS) is 19.6. The third kappa shape index (κ3) is 5.37. The number of halogens is 3. The lowest BCUT2D eigenvalue weighted by molar-refractivity contribution is -0.389. The van der Waals surface area contributed by atoms with Crippen LogP contribution >= 0.6 is 0 Å². The summed E-state index contributed by atoms with van der Waals surface area (Å²) in [5, 5.41) is 10.8. The van der Waals surface area contributed by atoms with E-state index in [1.807, 2.05) is 29.2 Å². The Labute approximate surface area is 176 Å². The van der Waals surface area contributed by atoms with Gasteiger partial charge in [0.2, 0.25) is 0 Å². The van der Waals surface area contributed by atoms with Gasteiger partial charge in [0.1, 0.15) is 24.7 Å². The number of fused-ring (bicyclic) bond motifs is 1. The van der Waals surface area contributed by atoms with Gasteiger partial charge in [-0.15, -0.1) is 0 Å². The average molecular weight is 441 g/mol. The Morgan fingerprint density at radius 3 is 2.52 bits per heavy atom. The Bertz CT molecular complexity index is 910. The molecule has 2 aliphatic rings. The summed E-state index contributed by atoms with van der Waals surface area (Å²) >= 11 is 0. The van der Waals surface area contributed by atoms with Gasteiger partial charge in [-0.1, -0.05) is 0 Å². The van der Waals surface area contributed by atoms with E-state index in [1.54, 1.807) is 4.57 Å². The zero-order chi connectivity index (χ0) is 22.0. The van der Waals surface area contributed by atoms with Crippen molar-refractivity contribution in [2.45, 2.75) is 25.2 Å². The Morgan fingerprint density at radius 1 is 1.16 bits per heavy atom. The summed E-state index contributed by atoms with van der Waals surface area (Å²) in [5.41, 5.74) is 0.933. The fourth-order valence-electron chi connectivity index (χ4n) is 3.70. The molecule has 3 heterocycles. The zero-order valence-electron chi connectivity index (χ0n) is 16.6. The monoisotopic (exact) mass is 441 g/mol. The molecule has 0 bridgehead atoms. The number of rotatable bonds is 6. The quantitative estimate of drug-likeness (QED) is 0.503. The second-order valence-electron chi connectivity index (χ2n) is 7.54. The van der Waals surface area contributed by atoms with Crippen LogP contribution < -0.4 is 14.4 Å². The number of nitro groups is 1. The first-order valence-electron chi connectivity index (χ1n) is 9.92. The fourth-order valence-corrected chi connectivity index (χ4v) is 3.70. The van der Waals surface area contributed by atoms with Crippen LogP contribution in [0.15, 0.2) is 30.5 Å². The van der Waals surface area contributed by atoms with Crippen LogP contribution in [0.2, 0.25) is 0 Å². The van der Waals surface area contributed by atoms with Crippen LogP contribution in [0.1, 0.15) is 6.42 Å². The molecule has 31 heavy (non-hydrogen) atoms. The first kappa shape index (κ1) is 21.2. The Hall–Kier alpha value is -3.02. The molecule has 168 valence electrons. The second kappa shape index (κ2) is 8.61. The van der Waals surface area contributed by atoms with E-state index in [2.05, 4.69) is 4.98 Å². The van der Waals surface area contributed by atoms with Crippen molar-refractivity contribution in [3.63, 3.8) is 0 Å². The minimum atomic E-state index is -4.17. The van der Waals surface area contributed by atoms with Gasteiger partial charge in [0.05, 0.1) is 6.54 Å². The lowest BCUT2D eigenvalue weighted by Gasteiger charge is -2.36. The summed E-state index contributed by atoms with van der Waals surface area (Å²) in [6.45, 7) is 1.76. The maximum absolute atomic E-state index is 12.5. The summed E-state index contributed by atoms with van der Waals surface area (Å²) in [4.78, 5) is 17.6. The van der Waals surface area contributed by atoms with Gasteiger partial charge in [-0.05, 0) is 29.2 Å². The average Bonchev–Trinajstić information content (AvgIpc) is 3.16. The molecule has 9 nitrogen and oxygen atoms in total. The highest BCUT2D eigenvalue weighted by Gasteiger charge is 2.32. The van der Waals surface area contributed by atoms with E-state index < -0.39 is 17.6 Å². The molecule has 0 spiro atoms. The van der Waals surface area contributed by atoms with Crippen molar-refractivity contribution in [1.82, 2.24) is 14.5 Å². The highest BCUT2D eigenvalue weighted by Crippen LogP contribution is 2.26. The van der Waals surface area contributed by atoms with Gasteiger partial charge in [-0.3, -0.25) is 9.47 Å². The minimum absolute atomic E-state index is 0.214. The summed E-state index contributed by atoms with van der Waals surface area (Å²) in [6, 6.07) is 7.60. The second-order valence-corrected chi connectivity index (χ2v) is 7.54. The van der Waals surface area contributed by atoms with Gasteiger partial charge in [-0.2, -0.15) is 13.2 Å². The molecule has 0 aliphatic carbocycles. The first-order valence-corrected chi connectivity index (χ1v) is 9.92. The van der Waals surface area contributed by atoms with E-state index in [0.717, 1.165) is 5.69 Å². The summed E-state index contributed by atoms with van der Waals surface area (Å²) in [7, 11) is 0. The molecule has 4 rings (SSSR count). The number of benzene rings is 1. The molecule has 0 amide bonds. The maximum Gasteiger partial charge on any atom is 0.414 e. The zero-order valence-corrected chi connectivity index (χ0v) is 16.6. The van der Waals surface area contributed by atoms with E-state index in [1.165, 1.54) is 11.1 Å². The highest BCUT2D eigenvalue weighted by molar-refractivity contribution is 5.49. The Balaban J connectivity index is 1.25. The number of anilines is 1. The predicted molar refractivity (Wildman–Crippen MR) is 105 cm³/mol. The molecule has 2 aromatic rings. The van der Waals surface area contributed by atoms with Crippen LogP contribution in [0.3, 0.4) is 0 Å². The van der Waals surface area contributed by atoms with Crippen LogP contribution in [-0.4, -0.2) is 71.0 Å². The van der Waals surface area contributed by atoms with Crippen LogP contribution in [0.5, 0.6) is 11.8 Å². The summed E-state index contributed by atoms with van der Waals surface area (Å²) < 4.78 is 50.6. The summed E-state index contributed by atoms with van der Waals surface area (Å²) in [6.07, 6.45) is -2.44. The van der Waals surface area contributed by atoms with E-state index in [4.69, 9.17) is 9.47 Å². The third-order valence-electron chi connectivity index (χ3n) is 5.29. The predicted octanol–water partition coefficient (Wildman–Crippen LogP) is 2.71. The van der Waals surface area contributed by atoms with Crippen LogP contribution in [0.4, 0.5) is 24.7 Å². The van der Waals surface area contributed by atoms with E-state index in [9.17, 15) is 23.3 Å². The number of hydrogen-bond donors (Lipinski definition) is 0. The van der Waals surface area contributed by atoms with Crippen LogP contribution in [0.25, 0.3) is 0 Å². The molecular weight excluding hydrogens is 419 g/mol.